The SMILES string of the molecule is O=Cc1cc(Cl)cc2c1O[C@H](C(F)(F)F)[C@H](C(=O)O)C2. The first-order valence-corrected chi connectivity index (χ1v) is 5.85. The molecule has 0 radical (unpaired) electrons. The molecular weight excluding hydrogens is 301 g/mol. The normalized spacial score (nSPS) is 21.8. The molecule has 0 fully saturated rings. The lowest BCUT2D eigenvalue weighted by atomic mass is 9.89. The second-order valence-electron chi connectivity index (χ2n) is 4.33. The Morgan fingerprint density at radius 1 is 1.45 bits per heavy atom. The first-order valence-electron chi connectivity index (χ1n) is 5.48. The van der Waals surface area contributed by atoms with Gasteiger partial charge in [-0.1, -0.05) is 11.6 Å². The molecule has 0 bridgehead atoms. The molecule has 0 aromatic heterocycles. The van der Waals surface area contributed by atoms with E-state index in [1.807, 2.05) is 0 Å². The molecule has 8 heteroatoms. The number of aldehydes is 1. The molecule has 0 amide bonds. The number of carbonyl (C=O) groups is 2. The lowest BCUT2D eigenvalue weighted by molar-refractivity contribution is -0.217. The van der Waals surface area contributed by atoms with Crippen LogP contribution in [-0.4, -0.2) is 29.6 Å². The number of carbonyl (C=O) groups excluding carboxylic acids is 1. The fraction of sp³-hybridized carbons (Fsp3) is 0.333. The van der Waals surface area contributed by atoms with E-state index in [9.17, 15) is 22.8 Å². The second-order valence-corrected chi connectivity index (χ2v) is 4.77. The largest absolute Gasteiger partial charge is 0.481 e. The first-order chi connectivity index (χ1) is 9.24. The Morgan fingerprint density at radius 2 is 2.10 bits per heavy atom. The maximum atomic E-state index is 12.9. The van der Waals surface area contributed by atoms with Crippen LogP contribution in [0.4, 0.5) is 13.2 Å². The van der Waals surface area contributed by atoms with Gasteiger partial charge >= 0.3 is 12.1 Å². The van der Waals surface area contributed by atoms with E-state index >= 15 is 0 Å². The molecule has 1 heterocycles. The van der Waals surface area contributed by atoms with Crippen molar-refractivity contribution in [2.45, 2.75) is 18.7 Å². The highest BCUT2D eigenvalue weighted by Crippen LogP contribution is 2.41. The average Bonchev–Trinajstić information content (AvgIpc) is 2.34. The van der Waals surface area contributed by atoms with Crippen LogP contribution in [0.3, 0.4) is 0 Å². The molecule has 1 aliphatic rings. The number of aliphatic carboxylic acids is 1. The number of hydrogen-bond acceptors (Lipinski definition) is 3. The van der Waals surface area contributed by atoms with Gasteiger partial charge in [-0.3, -0.25) is 9.59 Å². The zero-order chi connectivity index (χ0) is 15.1. The Morgan fingerprint density at radius 3 is 2.60 bits per heavy atom. The Hall–Kier alpha value is -1.76. The van der Waals surface area contributed by atoms with Gasteiger partial charge in [-0.2, -0.15) is 13.2 Å². The standard InChI is InChI=1S/C12H8ClF3O4/c13-7-1-5-3-8(11(18)19)10(12(14,15)16)20-9(5)6(2-7)4-17/h1-2,4,8,10H,3H2,(H,18,19)/t8-,10+/m1/s1. The van der Waals surface area contributed by atoms with Gasteiger partial charge in [0.1, 0.15) is 11.7 Å². The molecule has 0 aliphatic carbocycles. The van der Waals surface area contributed by atoms with Crippen molar-refractivity contribution < 1.29 is 32.6 Å². The van der Waals surface area contributed by atoms with Crippen molar-refractivity contribution in [1.82, 2.24) is 0 Å². The molecule has 108 valence electrons. The van der Waals surface area contributed by atoms with E-state index in [4.69, 9.17) is 21.4 Å². The summed E-state index contributed by atoms with van der Waals surface area (Å²) < 4.78 is 43.3. The predicted molar refractivity (Wildman–Crippen MR) is 62.1 cm³/mol. The summed E-state index contributed by atoms with van der Waals surface area (Å²) in [5, 5.41) is 9.04. The number of carboxylic acids is 1. The maximum absolute atomic E-state index is 12.9. The molecule has 0 saturated heterocycles. The van der Waals surface area contributed by atoms with Crippen molar-refractivity contribution in [3.8, 4) is 5.75 Å². The van der Waals surface area contributed by atoms with E-state index in [2.05, 4.69) is 0 Å². The van der Waals surface area contributed by atoms with Gasteiger partial charge in [-0.25, -0.2) is 0 Å². The van der Waals surface area contributed by atoms with Gasteiger partial charge in [-0.05, 0) is 24.1 Å². The molecule has 0 spiro atoms. The topological polar surface area (TPSA) is 63.6 Å². The minimum absolute atomic E-state index is 0.129. The fourth-order valence-corrected chi connectivity index (χ4v) is 2.37. The number of benzene rings is 1. The number of fused-ring (bicyclic) bond motifs is 1. The maximum Gasteiger partial charge on any atom is 0.426 e. The lowest BCUT2D eigenvalue weighted by Crippen LogP contribution is -2.47. The molecule has 2 rings (SSSR count). The van der Waals surface area contributed by atoms with Crippen molar-refractivity contribution in [3.05, 3.63) is 28.3 Å². The van der Waals surface area contributed by atoms with E-state index in [1.54, 1.807) is 0 Å². The molecule has 1 aromatic carbocycles. The summed E-state index contributed by atoms with van der Waals surface area (Å²) in [6.45, 7) is 0. The van der Waals surface area contributed by atoms with Crippen molar-refractivity contribution in [2.75, 3.05) is 0 Å². The molecule has 1 aromatic rings. The smallest absolute Gasteiger partial charge is 0.426 e. The summed E-state index contributed by atoms with van der Waals surface area (Å²) in [4.78, 5) is 21.8. The highest BCUT2D eigenvalue weighted by atomic mass is 35.5. The number of rotatable bonds is 2. The molecule has 0 saturated carbocycles. The summed E-state index contributed by atoms with van der Waals surface area (Å²) in [7, 11) is 0. The van der Waals surface area contributed by atoms with Crippen LogP contribution in [-0.2, 0) is 11.2 Å². The van der Waals surface area contributed by atoms with Crippen LogP contribution in [0.25, 0.3) is 0 Å². The minimum atomic E-state index is -4.85. The van der Waals surface area contributed by atoms with E-state index in [1.165, 1.54) is 12.1 Å². The second kappa shape index (κ2) is 4.97. The van der Waals surface area contributed by atoms with Crippen molar-refractivity contribution in [3.63, 3.8) is 0 Å². The molecule has 0 unspecified atom stereocenters. The van der Waals surface area contributed by atoms with Crippen LogP contribution in [0.15, 0.2) is 12.1 Å². The third-order valence-electron chi connectivity index (χ3n) is 2.98. The third-order valence-corrected chi connectivity index (χ3v) is 3.19. The number of alkyl halides is 3. The van der Waals surface area contributed by atoms with Gasteiger partial charge in [0, 0.05) is 5.02 Å². The summed E-state index contributed by atoms with van der Waals surface area (Å²) in [6.07, 6.45) is -7.43. The average molecular weight is 309 g/mol. The van der Waals surface area contributed by atoms with Gasteiger partial charge < -0.3 is 9.84 Å². The highest BCUT2D eigenvalue weighted by Gasteiger charge is 2.52. The van der Waals surface area contributed by atoms with Crippen molar-refractivity contribution >= 4 is 23.9 Å². The molecule has 1 aliphatic heterocycles. The van der Waals surface area contributed by atoms with Gasteiger partial charge in [-0.15, -0.1) is 0 Å². The van der Waals surface area contributed by atoms with E-state index < -0.39 is 30.6 Å². The summed E-state index contributed by atoms with van der Waals surface area (Å²) in [5.41, 5.74) is 0.0399. The Bertz CT molecular complexity index is 571. The van der Waals surface area contributed by atoms with E-state index in [-0.39, 0.29) is 21.9 Å². The van der Waals surface area contributed by atoms with Gasteiger partial charge in [0.15, 0.2) is 6.29 Å². The first kappa shape index (κ1) is 14.6. The van der Waals surface area contributed by atoms with Crippen LogP contribution in [0.1, 0.15) is 15.9 Å². The zero-order valence-electron chi connectivity index (χ0n) is 9.78. The highest BCUT2D eigenvalue weighted by molar-refractivity contribution is 6.31. The Labute approximate surface area is 116 Å². The number of hydrogen-bond donors (Lipinski definition) is 1. The molecule has 2 atom stereocenters. The Kier molecular flexibility index (Phi) is 3.64. The molecule has 1 N–H and O–H groups in total. The van der Waals surface area contributed by atoms with Gasteiger partial charge in [0.25, 0.3) is 0 Å². The monoisotopic (exact) mass is 308 g/mol. The van der Waals surface area contributed by atoms with Crippen molar-refractivity contribution in [1.29, 1.82) is 0 Å². The van der Waals surface area contributed by atoms with Crippen LogP contribution >= 0.6 is 11.6 Å². The summed E-state index contributed by atoms with van der Waals surface area (Å²) in [5.74, 6) is -3.66. The van der Waals surface area contributed by atoms with Crippen LogP contribution in [0.2, 0.25) is 5.02 Å². The zero-order valence-corrected chi connectivity index (χ0v) is 10.5. The number of carboxylic acid groups (broad SMARTS) is 1. The van der Waals surface area contributed by atoms with E-state index in [0.717, 1.165) is 0 Å². The predicted octanol–water partition coefficient (Wildman–Crippen LogP) is 2.72. The summed E-state index contributed by atoms with van der Waals surface area (Å²) in [6, 6.07) is 2.47. The summed E-state index contributed by atoms with van der Waals surface area (Å²) >= 11 is 5.73. The van der Waals surface area contributed by atoms with Crippen LogP contribution in [0, 0.1) is 5.92 Å². The molecular formula is C12H8ClF3O4. The van der Waals surface area contributed by atoms with Crippen LogP contribution in [0.5, 0.6) is 5.75 Å². The van der Waals surface area contributed by atoms with Crippen molar-refractivity contribution in [2.24, 2.45) is 5.92 Å². The van der Waals surface area contributed by atoms with Crippen LogP contribution < -0.4 is 4.74 Å². The third kappa shape index (κ3) is 2.58. The quantitative estimate of drug-likeness (QED) is 0.853. The fourth-order valence-electron chi connectivity index (χ4n) is 2.12. The van der Waals surface area contributed by atoms with E-state index in [0.29, 0.717) is 6.29 Å². The minimum Gasteiger partial charge on any atom is -0.481 e. The van der Waals surface area contributed by atoms with Gasteiger partial charge in [0.05, 0.1) is 5.56 Å². The molecule has 20 heavy (non-hydrogen) atoms. The number of ether oxygens (including phenoxy) is 1. The lowest BCUT2D eigenvalue weighted by Gasteiger charge is -2.33. The Balaban J connectivity index is 2.53. The van der Waals surface area contributed by atoms with Gasteiger partial charge in [0.2, 0.25) is 6.10 Å². The molecule has 4 nitrogen and oxygen atoms in total. The number of halogens is 4.